The van der Waals surface area contributed by atoms with Crippen LogP contribution in [0.2, 0.25) is 0 Å². The van der Waals surface area contributed by atoms with Crippen LogP contribution >= 0.6 is 0 Å². The summed E-state index contributed by atoms with van der Waals surface area (Å²) in [6.07, 6.45) is 21.2. The van der Waals surface area contributed by atoms with Gasteiger partial charge < -0.3 is 0 Å². The number of unbranched alkanes of at least 4 members (excludes halogenated alkanes) is 4. The lowest BCUT2D eigenvalue weighted by atomic mass is 9.59. The summed E-state index contributed by atoms with van der Waals surface area (Å²) in [5, 5.41) is 0. The highest BCUT2D eigenvalue weighted by Gasteiger charge is 2.59. The summed E-state index contributed by atoms with van der Waals surface area (Å²) in [5.41, 5.74) is 0.739. The van der Waals surface area contributed by atoms with E-state index in [1.807, 2.05) is 0 Å². The van der Waals surface area contributed by atoms with Gasteiger partial charge in [0.25, 0.3) is 0 Å². The van der Waals surface area contributed by atoms with Gasteiger partial charge in [-0.15, -0.1) is 0 Å². The second-order valence-corrected chi connectivity index (χ2v) is 10.5. The Bertz CT molecular complexity index is 359. The molecule has 3 aliphatic carbocycles. The van der Waals surface area contributed by atoms with Crippen LogP contribution in [0.25, 0.3) is 0 Å². The Morgan fingerprint density at radius 2 is 1.08 bits per heavy atom. The molecule has 0 heterocycles. The van der Waals surface area contributed by atoms with Crippen molar-refractivity contribution >= 4 is 0 Å². The van der Waals surface area contributed by atoms with Crippen LogP contribution in [-0.2, 0) is 0 Å². The van der Waals surface area contributed by atoms with Gasteiger partial charge in [0.1, 0.15) is 0 Å². The van der Waals surface area contributed by atoms with Gasteiger partial charge in [0.05, 0.1) is 0 Å². The zero-order valence-corrected chi connectivity index (χ0v) is 17.9. The molecule has 0 N–H and O–H groups in total. The van der Waals surface area contributed by atoms with E-state index >= 15 is 0 Å². The molecule has 6 unspecified atom stereocenters. The lowest BCUT2D eigenvalue weighted by Gasteiger charge is -2.46. The molecule has 3 rings (SSSR count). The Labute approximate surface area is 158 Å². The summed E-state index contributed by atoms with van der Waals surface area (Å²) in [6, 6.07) is 0. The fourth-order valence-electron chi connectivity index (χ4n) is 7.71. The summed E-state index contributed by atoms with van der Waals surface area (Å²) < 4.78 is 0. The molecule has 0 aromatic carbocycles. The number of rotatable bonds is 8. The van der Waals surface area contributed by atoms with E-state index in [1.54, 1.807) is 38.5 Å². The maximum absolute atomic E-state index is 2.56. The highest BCUT2D eigenvalue weighted by molar-refractivity contribution is 5.08. The van der Waals surface area contributed by atoms with Gasteiger partial charge in [0.2, 0.25) is 0 Å². The van der Waals surface area contributed by atoms with Crippen LogP contribution in [0, 0.1) is 40.9 Å². The van der Waals surface area contributed by atoms with Gasteiger partial charge in [0, 0.05) is 0 Å². The zero-order chi connectivity index (χ0) is 17.9. The quantitative estimate of drug-likeness (QED) is 0.388. The van der Waals surface area contributed by atoms with Crippen LogP contribution in [0.15, 0.2) is 0 Å². The minimum atomic E-state index is 0.739. The van der Waals surface area contributed by atoms with E-state index in [0.717, 1.165) is 40.9 Å². The van der Waals surface area contributed by atoms with E-state index in [1.165, 1.54) is 51.4 Å². The van der Waals surface area contributed by atoms with Gasteiger partial charge in [-0.2, -0.15) is 0 Å². The van der Waals surface area contributed by atoms with Crippen LogP contribution in [0.3, 0.4) is 0 Å². The van der Waals surface area contributed by atoms with E-state index in [0.29, 0.717) is 0 Å². The van der Waals surface area contributed by atoms with Gasteiger partial charge in [-0.1, -0.05) is 79.1 Å². The summed E-state index contributed by atoms with van der Waals surface area (Å²) in [4.78, 5) is 0. The topological polar surface area (TPSA) is 0 Å². The average Bonchev–Trinajstić information content (AvgIpc) is 2.85. The molecule has 3 aliphatic rings. The molecule has 6 atom stereocenters. The Kier molecular flexibility index (Phi) is 6.95. The third-order valence-electron chi connectivity index (χ3n) is 8.85. The molecule has 0 nitrogen and oxygen atoms in total. The number of fused-ring (bicyclic) bond motifs is 3. The molecule has 0 aromatic rings. The first-order valence-electron chi connectivity index (χ1n) is 12.1. The highest BCUT2D eigenvalue weighted by Crippen LogP contribution is 2.67. The largest absolute Gasteiger partial charge is 0.0654 e. The van der Waals surface area contributed by atoms with E-state index < -0.39 is 0 Å². The summed E-state index contributed by atoms with van der Waals surface area (Å²) in [6.45, 7) is 9.89. The second kappa shape index (κ2) is 8.79. The van der Waals surface area contributed by atoms with Crippen molar-refractivity contribution in [3.8, 4) is 0 Å². The van der Waals surface area contributed by atoms with Gasteiger partial charge in [-0.3, -0.25) is 0 Å². The third kappa shape index (κ3) is 3.98. The molecule has 0 aliphatic heterocycles. The van der Waals surface area contributed by atoms with Crippen LogP contribution in [0.1, 0.15) is 118 Å². The number of hydrogen-bond acceptors (Lipinski definition) is 0. The normalized spacial score (nSPS) is 39.8. The lowest BCUT2D eigenvalue weighted by Crippen LogP contribution is -2.37. The van der Waals surface area contributed by atoms with Crippen molar-refractivity contribution in [2.24, 2.45) is 40.9 Å². The average molecular weight is 347 g/mol. The smallest absolute Gasteiger partial charge is 0.0235 e. The maximum atomic E-state index is 2.56. The van der Waals surface area contributed by atoms with Crippen LogP contribution in [0.4, 0.5) is 0 Å². The first-order chi connectivity index (χ1) is 12.1. The second-order valence-electron chi connectivity index (χ2n) is 10.5. The first-order valence-corrected chi connectivity index (χ1v) is 12.1. The fourth-order valence-corrected chi connectivity index (χ4v) is 7.71. The SMILES string of the molecule is CCCCCC1(CCCCC)C2CC(C)CCC2C2CCC(C)CC21. The van der Waals surface area contributed by atoms with Crippen molar-refractivity contribution in [2.75, 3.05) is 0 Å². The van der Waals surface area contributed by atoms with E-state index in [2.05, 4.69) is 27.7 Å². The maximum Gasteiger partial charge on any atom is -0.0235 e. The van der Waals surface area contributed by atoms with Crippen LogP contribution in [0.5, 0.6) is 0 Å². The Morgan fingerprint density at radius 1 is 0.640 bits per heavy atom. The molecular weight excluding hydrogens is 300 g/mol. The zero-order valence-electron chi connectivity index (χ0n) is 17.9. The van der Waals surface area contributed by atoms with E-state index in [-0.39, 0.29) is 0 Å². The molecule has 0 aromatic heterocycles. The first kappa shape index (κ1) is 19.8. The van der Waals surface area contributed by atoms with Crippen molar-refractivity contribution in [3.05, 3.63) is 0 Å². The monoisotopic (exact) mass is 346 g/mol. The van der Waals surface area contributed by atoms with Crippen LogP contribution in [-0.4, -0.2) is 0 Å². The van der Waals surface area contributed by atoms with E-state index in [9.17, 15) is 0 Å². The predicted molar refractivity (Wildman–Crippen MR) is 111 cm³/mol. The molecule has 146 valence electrons. The molecule has 25 heavy (non-hydrogen) atoms. The van der Waals surface area contributed by atoms with Gasteiger partial charge >= 0.3 is 0 Å². The van der Waals surface area contributed by atoms with Crippen molar-refractivity contribution in [2.45, 2.75) is 118 Å². The van der Waals surface area contributed by atoms with Crippen LogP contribution < -0.4 is 0 Å². The van der Waals surface area contributed by atoms with Crippen molar-refractivity contribution < 1.29 is 0 Å². The molecule has 0 heteroatoms. The lowest BCUT2D eigenvalue weighted by molar-refractivity contribution is 0.0342. The van der Waals surface area contributed by atoms with E-state index in [4.69, 9.17) is 0 Å². The Hall–Kier alpha value is 0. The highest BCUT2D eigenvalue weighted by atomic mass is 14.6. The minimum absolute atomic E-state index is 0.739. The Balaban J connectivity index is 1.87. The molecule has 0 radical (unpaired) electrons. The molecule has 3 saturated carbocycles. The summed E-state index contributed by atoms with van der Waals surface area (Å²) in [5.74, 6) is 6.38. The fraction of sp³-hybridized carbons (Fsp3) is 1.00. The molecule has 0 amide bonds. The Morgan fingerprint density at radius 3 is 1.48 bits per heavy atom. The predicted octanol–water partition coefficient (Wildman–Crippen LogP) is 8.25. The summed E-state index contributed by atoms with van der Waals surface area (Å²) in [7, 11) is 0. The third-order valence-corrected chi connectivity index (χ3v) is 8.85. The molecular formula is C25H46. The molecule has 0 bridgehead atoms. The standard InChI is InChI=1S/C25H46/c1-5-7-9-15-25(16-10-8-6-2)23-17-19(3)11-13-21(23)22-14-12-20(4)18-24(22)25/h19-24H,5-18H2,1-4H3. The van der Waals surface area contributed by atoms with Gasteiger partial charge in [-0.25, -0.2) is 0 Å². The van der Waals surface area contributed by atoms with Crippen molar-refractivity contribution in [1.29, 1.82) is 0 Å². The molecule has 0 saturated heterocycles. The van der Waals surface area contributed by atoms with Gasteiger partial charge in [0.15, 0.2) is 0 Å². The number of hydrogen-bond donors (Lipinski definition) is 0. The molecule has 0 spiro atoms. The van der Waals surface area contributed by atoms with Crippen molar-refractivity contribution in [1.82, 2.24) is 0 Å². The molecule has 3 fully saturated rings. The summed E-state index contributed by atoms with van der Waals surface area (Å²) >= 11 is 0. The van der Waals surface area contributed by atoms with Gasteiger partial charge in [-0.05, 0) is 79.4 Å². The minimum Gasteiger partial charge on any atom is -0.0654 e. The van der Waals surface area contributed by atoms with Crippen molar-refractivity contribution in [3.63, 3.8) is 0 Å².